The number of hydrogen-bond acceptors (Lipinski definition) is 3. The first-order valence-corrected chi connectivity index (χ1v) is 7.67. The third-order valence-electron chi connectivity index (χ3n) is 3.29. The molecule has 1 N–H and O–H groups in total. The maximum atomic E-state index is 12.1. The summed E-state index contributed by atoms with van der Waals surface area (Å²) in [6.07, 6.45) is 0. The molecule has 0 bridgehead atoms. The van der Waals surface area contributed by atoms with Crippen LogP contribution in [0.1, 0.15) is 11.1 Å². The van der Waals surface area contributed by atoms with Gasteiger partial charge in [-0.2, -0.15) is 5.26 Å². The number of carbonyl (C=O) groups excluding carboxylic acids is 1. The summed E-state index contributed by atoms with van der Waals surface area (Å²) in [5.74, 6) is -0.0552. The minimum absolute atomic E-state index is 0.0552. The highest BCUT2D eigenvalue weighted by Gasteiger charge is 2.10. The molecule has 0 aliphatic heterocycles. The Bertz CT molecular complexity index is 738. The molecule has 0 aromatic heterocycles. The van der Waals surface area contributed by atoms with Gasteiger partial charge in [0.1, 0.15) is 0 Å². The number of nitrogens with zero attached hydrogens (tertiary/aromatic N) is 2. The van der Waals surface area contributed by atoms with Crippen molar-refractivity contribution < 1.29 is 4.79 Å². The molecule has 2 rings (SSSR count). The Morgan fingerprint density at radius 2 is 1.87 bits per heavy atom. The van der Waals surface area contributed by atoms with Crippen LogP contribution in [-0.2, 0) is 11.3 Å². The molecule has 0 aliphatic carbocycles. The number of amides is 1. The monoisotopic (exact) mass is 347 g/mol. The van der Waals surface area contributed by atoms with Gasteiger partial charge in [0, 0.05) is 19.3 Å². The van der Waals surface area contributed by atoms with E-state index in [4.69, 9.17) is 28.5 Å². The molecular formula is C17H15Cl2N3O. The second kappa shape index (κ2) is 7.87. The van der Waals surface area contributed by atoms with Crippen LogP contribution in [0.5, 0.6) is 0 Å². The second-order valence-corrected chi connectivity index (χ2v) is 5.86. The number of benzene rings is 2. The van der Waals surface area contributed by atoms with E-state index in [9.17, 15) is 4.79 Å². The largest absolute Gasteiger partial charge is 0.376 e. The van der Waals surface area contributed by atoms with Crippen molar-refractivity contribution in [2.45, 2.75) is 6.54 Å². The second-order valence-electron chi connectivity index (χ2n) is 5.04. The average Bonchev–Trinajstić information content (AvgIpc) is 2.56. The average molecular weight is 348 g/mol. The standard InChI is InChI=1S/C17H15Cl2N3O/c1-22(11-13-4-7-15(18)16(19)8-13)17(23)10-21-14-5-2-12(9-20)3-6-14/h2-8,21H,10-11H2,1H3. The lowest BCUT2D eigenvalue weighted by atomic mass is 10.2. The number of carbonyl (C=O) groups is 1. The number of anilines is 1. The lowest BCUT2D eigenvalue weighted by molar-refractivity contribution is -0.128. The molecule has 2 aromatic carbocycles. The van der Waals surface area contributed by atoms with E-state index in [0.29, 0.717) is 22.2 Å². The van der Waals surface area contributed by atoms with Crippen LogP contribution >= 0.6 is 23.2 Å². The molecule has 23 heavy (non-hydrogen) atoms. The first kappa shape index (κ1) is 17.1. The normalized spacial score (nSPS) is 10.0. The highest BCUT2D eigenvalue weighted by Crippen LogP contribution is 2.23. The zero-order valence-electron chi connectivity index (χ0n) is 12.5. The third kappa shape index (κ3) is 4.88. The molecule has 2 aromatic rings. The summed E-state index contributed by atoms with van der Waals surface area (Å²) in [6, 6.07) is 14.3. The Hall–Kier alpha value is -2.22. The number of halogens is 2. The van der Waals surface area contributed by atoms with E-state index in [0.717, 1.165) is 11.3 Å². The summed E-state index contributed by atoms with van der Waals surface area (Å²) >= 11 is 11.8. The van der Waals surface area contributed by atoms with Crippen LogP contribution in [0.2, 0.25) is 10.0 Å². The zero-order chi connectivity index (χ0) is 16.8. The number of rotatable bonds is 5. The van der Waals surface area contributed by atoms with Crippen molar-refractivity contribution in [2.24, 2.45) is 0 Å². The summed E-state index contributed by atoms with van der Waals surface area (Å²) in [5.41, 5.74) is 2.28. The van der Waals surface area contributed by atoms with Crippen molar-refractivity contribution in [2.75, 3.05) is 18.9 Å². The van der Waals surface area contributed by atoms with Gasteiger partial charge < -0.3 is 10.2 Å². The Morgan fingerprint density at radius 1 is 1.17 bits per heavy atom. The Morgan fingerprint density at radius 3 is 2.48 bits per heavy atom. The number of likely N-dealkylation sites (N-methyl/N-ethyl adjacent to an activating group) is 1. The predicted molar refractivity (Wildman–Crippen MR) is 92.6 cm³/mol. The lowest BCUT2D eigenvalue weighted by Crippen LogP contribution is -2.31. The van der Waals surface area contributed by atoms with Gasteiger partial charge >= 0.3 is 0 Å². The van der Waals surface area contributed by atoms with E-state index in [-0.39, 0.29) is 12.5 Å². The molecule has 1 amide bonds. The molecule has 118 valence electrons. The topological polar surface area (TPSA) is 56.1 Å². The summed E-state index contributed by atoms with van der Waals surface area (Å²) in [6.45, 7) is 0.620. The van der Waals surface area contributed by atoms with Gasteiger partial charge in [-0.15, -0.1) is 0 Å². The zero-order valence-corrected chi connectivity index (χ0v) is 14.0. The molecule has 0 saturated heterocycles. The minimum atomic E-state index is -0.0552. The van der Waals surface area contributed by atoms with Crippen molar-refractivity contribution in [1.29, 1.82) is 5.26 Å². The van der Waals surface area contributed by atoms with E-state index in [1.807, 2.05) is 12.1 Å². The van der Waals surface area contributed by atoms with Crippen LogP contribution in [0.4, 0.5) is 5.69 Å². The smallest absolute Gasteiger partial charge is 0.241 e. The van der Waals surface area contributed by atoms with Crippen molar-refractivity contribution in [1.82, 2.24) is 4.90 Å². The van der Waals surface area contributed by atoms with Crippen LogP contribution < -0.4 is 5.32 Å². The fourth-order valence-electron chi connectivity index (χ4n) is 1.98. The van der Waals surface area contributed by atoms with E-state index in [2.05, 4.69) is 5.32 Å². The molecule has 0 radical (unpaired) electrons. The third-order valence-corrected chi connectivity index (χ3v) is 4.03. The minimum Gasteiger partial charge on any atom is -0.376 e. The first-order valence-electron chi connectivity index (χ1n) is 6.91. The quantitative estimate of drug-likeness (QED) is 0.891. The van der Waals surface area contributed by atoms with Gasteiger partial charge in [0.2, 0.25) is 5.91 Å². The van der Waals surface area contributed by atoms with Crippen LogP contribution in [0, 0.1) is 11.3 Å². The van der Waals surface area contributed by atoms with Crippen molar-refractivity contribution >= 4 is 34.8 Å². The van der Waals surface area contributed by atoms with Crippen molar-refractivity contribution in [3.8, 4) is 6.07 Å². The number of nitriles is 1. The Kier molecular flexibility index (Phi) is 5.86. The SMILES string of the molecule is CN(Cc1ccc(Cl)c(Cl)c1)C(=O)CNc1ccc(C#N)cc1. The molecule has 0 atom stereocenters. The van der Waals surface area contributed by atoms with Gasteiger partial charge in [-0.3, -0.25) is 4.79 Å². The van der Waals surface area contributed by atoms with E-state index in [1.54, 1.807) is 48.3 Å². The highest BCUT2D eigenvalue weighted by molar-refractivity contribution is 6.42. The van der Waals surface area contributed by atoms with E-state index < -0.39 is 0 Å². The molecule has 0 spiro atoms. The summed E-state index contributed by atoms with van der Waals surface area (Å²) in [4.78, 5) is 13.8. The summed E-state index contributed by atoms with van der Waals surface area (Å²) in [7, 11) is 1.73. The van der Waals surface area contributed by atoms with Gasteiger partial charge in [-0.05, 0) is 42.0 Å². The summed E-state index contributed by atoms with van der Waals surface area (Å²) in [5, 5.41) is 12.7. The molecule has 6 heteroatoms. The molecule has 0 unspecified atom stereocenters. The van der Waals surface area contributed by atoms with Crippen LogP contribution in [0.3, 0.4) is 0 Å². The molecule has 4 nitrogen and oxygen atoms in total. The fourth-order valence-corrected chi connectivity index (χ4v) is 2.30. The molecule has 0 aliphatic rings. The maximum Gasteiger partial charge on any atom is 0.241 e. The predicted octanol–water partition coefficient (Wildman–Crippen LogP) is 3.94. The number of nitrogens with one attached hydrogen (secondary N) is 1. The molecule has 0 heterocycles. The Balaban J connectivity index is 1.89. The van der Waals surface area contributed by atoms with Gasteiger partial charge in [0.25, 0.3) is 0 Å². The summed E-state index contributed by atoms with van der Waals surface area (Å²) < 4.78 is 0. The first-order chi connectivity index (χ1) is 11.0. The van der Waals surface area contributed by atoms with Crippen LogP contribution in [0.15, 0.2) is 42.5 Å². The van der Waals surface area contributed by atoms with E-state index in [1.165, 1.54) is 0 Å². The fraction of sp³-hybridized carbons (Fsp3) is 0.176. The van der Waals surface area contributed by atoms with Gasteiger partial charge in [0.15, 0.2) is 0 Å². The van der Waals surface area contributed by atoms with Gasteiger partial charge in [-0.1, -0.05) is 29.3 Å². The van der Waals surface area contributed by atoms with Crippen molar-refractivity contribution in [3.05, 3.63) is 63.6 Å². The maximum absolute atomic E-state index is 12.1. The highest BCUT2D eigenvalue weighted by atomic mass is 35.5. The van der Waals surface area contributed by atoms with E-state index >= 15 is 0 Å². The molecule has 0 saturated carbocycles. The van der Waals surface area contributed by atoms with Gasteiger partial charge in [-0.25, -0.2) is 0 Å². The van der Waals surface area contributed by atoms with Gasteiger partial charge in [0.05, 0.1) is 28.2 Å². The van der Waals surface area contributed by atoms with Crippen LogP contribution in [-0.4, -0.2) is 24.4 Å². The number of hydrogen-bond donors (Lipinski definition) is 1. The lowest BCUT2D eigenvalue weighted by Gasteiger charge is -2.18. The van der Waals surface area contributed by atoms with Crippen LogP contribution in [0.25, 0.3) is 0 Å². The molecular weight excluding hydrogens is 333 g/mol. The molecule has 0 fully saturated rings. The Labute approximate surface area is 145 Å². The van der Waals surface area contributed by atoms with Crippen molar-refractivity contribution in [3.63, 3.8) is 0 Å².